The van der Waals surface area contributed by atoms with E-state index in [4.69, 9.17) is 4.74 Å². The molecule has 0 unspecified atom stereocenters. The first kappa shape index (κ1) is 21.6. The van der Waals surface area contributed by atoms with Gasteiger partial charge in [0.05, 0.1) is 13.5 Å². The molecule has 0 radical (unpaired) electrons. The van der Waals surface area contributed by atoms with Gasteiger partial charge in [0.15, 0.2) is 0 Å². The molecule has 3 N–H and O–H groups in total. The highest BCUT2D eigenvalue weighted by Crippen LogP contribution is 2.15. The second-order valence-electron chi connectivity index (χ2n) is 6.25. The Morgan fingerprint density at radius 3 is 2.07 bits per heavy atom. The van der Waals surface area contributed by atoms with Crippen LogP contribution < -0.4 is 20.8 Å². The van der Waals surface area contributed by atoms with Crippen LogP contribution in [0.3, 0.4) is 0 Å². The molecule has 2 aromatic rings. The molecular formula is C21H24N4O4. The lowest BCUT2D eigenvalue weighted by atomic mass is 10.1. The molecule has 0 saturated carbocycles. The molecule has 0 spiro atoms. The molecule has 0 heterocycles. The highest BCUT2D eigenvalue weighted by atomic mass is 16.5. The molecule has 0 atom stereocenters. The Balaban J connectivity index is 1.81. The number of aryl methyl sites for hydroxylation is 1. The summed E-state index contributed by atoms with van der Waals surface area (Å²) in [6.07, 6.45) is 0.848. The van der Waals surface area contributed by atoms with Gasteiger partial charge in [-0.1, -0.05) is 19.1 Å². The maximum atomic E-state index is 12.0. The van der Waals surface area contributed by atoms with Crippen molar-refractivity contribution in [1.82, 2.24) is 5.43 Å². The van der Waals surface area contributed by atoms with Crippen LogP contribution in [0.4, 0.5) is 11.4 Å². The lowest BCUT2D eigenvalue weighted by Crippen LogP contribution is -2.33. The Bertz CT molecular complexity index is 890. The SMILES string of the molecule is CCc1ccc(NC(=O)C(=O)N/N=C(/C)CC(=O)Nc2ccc(OC)cc2)cc1. The normalized spacial score (nSPS) is 10.8. The van der Waals surface area contributed by atoms with E-state index in [1.54, 1.807) is 50.4 Å². The zero-order valence-electron chi connectivity index (χ0n) is 16.6. The van der Waals surface area contributed by atoms with Crippen molar-refractivity contribution in [3.8, 4) is 5.75 Å². The fourth-order valence-electron chi connectivity index (χ4n) is 2.36. The van der Waals surface area contributed by atoms with Gasteiger partial charge in [-0.2, -0.15) is 5.10 Å². The van der Waals surface area contributed by atoms with Gasteiger partial charge in [-0.25, -0.2) is 5.43 Å². The van der Waals surface area contributed by atoms with E-state index in [2.05, 4.69) is 21.2 Å². The highest BCUT2D eigenvalue weighted by Gasteiger charge is 2.13. The van der Waals surface area contributed by atoms with E-state index in [9.17, 15) is 14.4 Å². The number of carbonyl (C=O) groups excluding carboxylic acids is 3. The molecule has 2 rings (SSSR count). The molecule has 0 aliphatic carbocycles. The van der Waals surface area contributed by atoms with Gasteiger partial charge in [-0.05, 0) is 55.3 Å². The number of ether oxygens (including phenoxy) is 1. The van der Waals surface area contributed by atoms with E-state index in [0.29, 0.717) is 22.8 Å². The summed E-state index contributed by atoms with van der Waals surface area (Å²) in [4.78, 5) is 35.8. The number of amides is 3. The minimum atomic E-state index is -0.917. The Labute approximate surface area is 169 Å². The zero-order chi connectivity index (χ0) is 21.2. The molecule has 0 bridgehead atoms. The molecule has 0 saturated heterocycles. The van der Waals surface area contributed by atoms with Gasteiger partial charge in [0.2, 0.25) is 5.91 Å². The summed E-state index contributed by atoms with van der Waals surface area (Å²) in [7, 11) is 1.56. The fraction of sp³-hybridized carbons (Fsp3) is 0.238. The van der Waals surface area contributed by atoms with Crippen molar-refractivity contribution in [1.29, 1.82) is 0 Å². The Morgan fingerprint density at radius 1 is 0.897 bits per heavy atom. The van der Waals surface area contributed by atoms with Crippen molar-refractivity contribution >= 4 is 34.8 Å². The van der Waals surface area contributed by atoms with Crippen LogP contribution in [0, 0.1) is 0 Å². The molecule has 2 aromatic carbocycles. The number of rotatable bonds is 7. The van der Waals surface area contributed by atoms with Crippen molar-refractivity contribution in [2.24, 2.45) is 5.10 Å². The molecule has 3 amide bonds. The van der Waals surface area contributed by atoms with Crippen LogP contribution in [0.5, 0.6) is 5.75 Å². The van der Waals surface area contributed by atoms with Gasteiger partial charge < -0.3 is 15.4 Å². The minimum absolute atomic E-state index is 0.0353. The maximum Gasteiger partial charge on any atom is 0.329 e. The number of hydrogen-bond donors (Lipinski definition) is 3. The first-order valence-electron chi connectivity index (χ1n) is 9.08. The molecule has 0 fully saturated rings. The molecule has 152 valence electrons. The van der Waals surface area contributed by atoms with E-state index < -0.39 is 11.8 Å². The number of benzene rings is 2. The average Bonchev–Trinajstić information content (AvgIpc) is 2.73. The number of carbonyl (C=O) groups is 3. The zero-order valence-corrected chi connectivity index (χ0v) is 16.6. The standard InChI is InChI=1S/C21H24N4O4/c1-4-15-5-7-17(8-6-15)23-20(27)21(28)25-24-14(2)13-19(26)22-16-9-11-18(29-3)12-10-16/h5-12H,4,13H2,1-3H3,(H,22,26)(H,23,27)(H,25,28)/b24-14-. The van der Waals surface area contributed by atoms with Crippen LogP contribution in [0.15, 0.2) is 53.6 Å². The van der Waals surface area contributed by atoms with Gasteiger partial charge in [0.25, 0.3) is 0 Å². The van der Waals surface area contributed by atoms with Crippen LogP contribution in [0.1, 0.15) is 25.8 Å². The largest absolute Gasteiger partial charge is 0.497 e. The predicted molar refractivity (Wildman–Crippen MR) is 112 cm³/mol. The molecule has 8 nitrogen and oxygen atoms in total. The van der Waals surface area contributed by atoms with Crippen LogP contribution in [-0.2, 0) is 20.8 Å². The summed E-state index contributed by atoms with van der Waals surface area (Å²) in [5.74, 6) is -1.37. The van der Waals surface area contributed by atoms with Gasteiger partial charge in [-0.15, -0.1) is 0 Å². The average molecular weight is 396 g/mol. The lowest BCUT2D eigenvalue weighted by molar-refractivity contribution is -0.136. The Morgan fingerprint density at radius 2 is 1.48 bits per heavy atom. The van der Waals surface area contributed by atoms with Crippen molar-refractivity contribution < 1.29 is 19.1 Å². The van der Waals surface area contributed by atoms with Crippen molar-refractivity contribution in [3.63, 3.8) is 0 Å². The van der Waals surface area contributed by atoms with Crippen LogP contribution in [-0.4, -0.2) is 30.5 Å². The van der Waals surface area contributed by atoms with Gasteiger partial charge in [0, 0.05) is 17.1 Å². The second kappa shape index (κ2) is 10.6. The summed E-state index contributed by atoms with van der Waals surface area (Å²) in [5.41, 5.74) is 4.75. The number of nitrogens with one attached hydrogen (secondary N) is 3. The van der Waals surface area contributed by atoms with E-state index in [1.807, 2.05) is 19.1 Å². The quantitative estimate of drug-likeness (QED) is 0.380. The van der Waals surface area contributed by atoms with Crippen molar-refractivity contribution in [2.45, 2.75) is 26.7 Å². The van der Waals surface area contributed by atoms with Gasteiger partial charge in [-0.3, -0.25) is 14.4 Å². The molecular weight excluding hydrogens is 372 g/mol. The third-order valence-electron chi connectivity index (χ3n) is 3.96. The van der Waals surface area contributed by atoms with Crippen molar-refractivity contribution in [3.05, 3.63) is 54.1 Å². The Hall–Kier alpha value is -3.68. The van der Waals surface area contributed by atoms with E-state index in [1.165, 1.54) is 0 Å². The monoisotopic (exact) mass is 396 g/mol. The summed E-state index contributed by atoms with van der Waals surface area (Å²) < 4.78 is 5.06. The summed E-state index contributed by atoms with van der Waals surface area (Å²) in [6.45, 7) is 3.61. The summed E-state index contributed by atoms with van der Waals surface area (Å²) >= 11 is 0. The molecule has 0 aliphatic rings. The Kier molecular flexibility index (Phi) is 7.90. The fourth-order valence-corrected chi connectivity index (χ4v) is 2.36. The van der Waals surface area contributed by atoms with E-state index in [-0.39, 0.29) is 12.3 Å². The van der Waals surface area contributed by atoms with Crippen LogP contribution in [0.2, 0.25) is 0 Å². The van der Waals surface area contributed by atoms with Crippen LogP contribution >= 0.6 is 0 Å². The predicted octanol–water partition coefficient (Wildman–Crippen LogP) is 2.72. The lowest BCUT2D eigenvalue weighted by Gasteiger charge is -2.07. The van der Waals surface area contributed by atoms with Crippen LogP contribution in [0.25, 0.3) is 0 Å². The molecule has 0 aliphatic heterocycles. The maximum absolute atomic E-state index is 12.0. The smallest absolute Gasteiger partial charge is 0.329 e. The van der Waals surface area contributed by atoms with E-state index in [0.717, 1.165) is 12.0 Å². The summed E-state index contributed by atoms with van der Waals surface area (Å²) in [6, 6.07) is 14.1. The van der Waals surface area contributed by atoms with E-state index >= 15 is 0 Å². The first-order valence-corrected chi connectivity index (χ1v) is 9.08. The highest BCUT2D eigenvalue weighted by molar-refractivity contribution is 6.39. The number of nitrogens with zero attached hydrogens (tertiary/aromatic N) is 1. The summed E-state index contributed by atoms with van der Waals surface area (Å²) in [5, 5.41) is 9.00. The first-order chi connectivity index (χ1) is 13.9. The minimum Gasteiger partial charge on any atom is -0.497 e. The number of hydrazone groups is 1. The number of hydrogen-bond acceptors (Lipinski definition) is 5. The topological polar surface area (TPSA) is 109 Å². The second-order valence-corrected chi connectivity index (χ2v) is 6.25. The van der Waals surface area contributed by atoms with Crippen molar-refractivity contribution in [2.75, 3.05) is 17.7 Å². The van der Waals surface area contributed by atoms with Gasteiger partial charge in [0.1, 0.15) is 5.75 Å². The third kappa shape index (κ3) is 7.10. The third-order valence-corrected chi connectivity index (χ3v) is 3.96. The molecule has 0 aromatic heterocycles. The molecule has 29 heavy (non-hydrogen) atoms. The molecule has 8 heteroatoms. The van der Waals surface area contributed by atoms with Gasteiger partial charge >= 0.3 is 11.8 Å². The number of methoxy groups -OCH3 is 1. The number of anilines is 2.